The second kappa shape index (κ2) is 6.07. The molecule has 138 valence electrons. The lowest BCUT2D eigenvalue weighted by Gasteiger charge is -2.34. The van der Waals surface area contributed by atoms with Gasteiger partial charge in [-0.3, -0.25) is 14.4 Å². The molecule has 1 aromatic carbocycles. The van der Waals surface area contributed by atoms with E-state index >= 15 is 0 Å². The number of para-hydroxylation sites is 1. The number of hydrogen-bond acceptors (Lipinski definition) is 3. The lowest BCUT2D eigenvalue weighted by atomic mass is 9.90. The molecule has 2 saturated heterocycles. The summed E-state index contributed by atoms with van der Waals surface area (Å²) in [4.78, 5) is 39.3. The fourth-order valence-corrected chi connectivity index (χ4v) is 4.46. The van der Waals surface area contributed by atoms with Gasteiger partial charge in [-0.15, -0.1) is 0 Å². The Kier molecular flexibility index (Phi) is 3.97. The molecule has 1 aromatic rings. The molecule has 2 unspecified atom stereocenters. The highest BCUT2D eigenvalue weighted by Crippen LogP contribution is 2.59. The molecular formula is C19H21FN2O4. The lowest BCUT2D eigenvalue weighted by Crippen LogP contribution is -2.43. The van der Waals surface area contributed by atoms with Crippen molar-refractivity contribution in [1.29, 1.82) is 0 Å². The third kappa shape index (κ3) is 2.75. The standard InChI is InChI=1S/C19H21FN2O4/c20-14-3-1-2-4-15(14)22-11-12(9-16(22)23)17(24)21-7-5-19(6-8-21)10-13(19)18(25)26/h1-4,12-13H,5-11H2,(H,25,26). The molecule has 2 atom stereocenters. The maximum Gasteiger partial charge on any atom is 0.307 e. The number of aliphatic carboxylic acids is 1. The Morgan fingerprint density at radius 1 is 1.19 bits per heavy atom. The third-order valence-electron chi connectivity index (χ3n) is 6.18. The first-order chi connectivity index (χ1) is 12.4. The van der Waals surface area contributed by atoms with E-state index in [0.29, 0.717) is 32.4 Å². The molecule has 1 aliphatic carbocycles. The van der Waals surface area contributed by atoms with E-state index < -0.39 is 17.7 Å². The van der Waals surface area contributed by atoms with E-state index in [-0.39, 0.29) is 41.8 Å². The zero-order valence-electron chi connectivity index (χ0n) is 14.4. The number of benzene rings is 1. The number of carboxylic acids is 1. The molecule has 0 radical (unpaired) electrons. The van der Waals surface area contributed by atoms with Crippen molar-refractivity contribution in [3.63, 3.8) is 0 Å². The van der Waals surface area contributed by atoms with Crippen molar-refractivity contribution < 1.29 is 23.9 Å². The summed E-state index contributed by atoms with van der Waals surface area (Å²) in [5.41, 5.74) is 0.0838. The molecule has 3 aliphatic rings. The number of hydrogen-bond donors (Lipinski definition) is 1. The zero-order chi connectivity index (χ0) is 18.5. The van der Waals surface area contributed by atoms with Crippen molar-refractivity contribution in [1.82, 2.24) is 4.90 Å². The SMILES string of the molecule is O=C(O)C1CC12CCN(C(=O)C1CC(=O)N(c3ccccc3F)C1)CC2. The maximum absolute atomic E-state index is 14.0. The first-order valence-electron chi connectivity index (χ1n) is 8.98. The van der Waals surface area contributed by atoms with E-state index in [9.17, 15) is 18.8 Å². The smallest absolute Gasteiger partial charge is 0.307 e. The Morgan fingerprint density at radius 2 is 1.88 bits per heavy atom. The van der Waals surface area contributed by atoms with Gasteiger partial charge in [0.2, 0.25) is 11.8 Å². The highest BCUT2D eigenvalue weighted by molar-refractivity contribution is 6.00. The third-order valence-corrected chi connectivity index (χ3v) is 6.18. The van der Waals surface area contributed by atoms with Gasteiger partial charge in [-0.25, -0.2) is 4.39 Å². The minimum atomic E-state index is -0.744. The molecule has 4 rings (SSSR count). The molecule has 2 amide bonds. The van der Waals surface area contributed by atoms with Crippen LogP contribution in [0.15, 0.2) is 24.3 Å². The molecule has 0 bridgehead atoms. The molecule has 7 heteroatoms. The summed E-state index contributed by atoms with van der Waals surface area (Å²) >= 11 is 0. The number of amides is 2. The summed E-state index contributed by atoms with van der Waals surface area (Å²) < 4.78 is 14.0. The van der Waals surface area contributed by atoms with Gasteiger partial charge in [0.1, 0.15) is 5.82 Å². The normalized spacial score (nSPS) is 27.0. The van der Waals surface area contributed by atoms with Crippen LogP contribution in [0.4, 0.5) is 10.1 Å². The van der Waals surface area contributed by atoms with Gasteiger partial charge in [-0.2, -0.15) is 0 Å². The molecule has 1 N–H and O–H groups in total. The largest absolute Gasteiger partial charge is 0.481 e. The molecule has 1 saturated carbocycles. The molecule has 0 aromatic heterocycles. The van der Waals surface area contributed by atoms with Gasteiger partial charge < -0.3 is 14.9 Å². The van der Waals surface area contributed by atoms with Crippen molar-refractivity contribution in [3.05, 3.63) is 30.1 Å². The molecule has 2 aliphatic heterocycles. The van der Waals surface area contributed by atoms with Crippen LogP contribution in [0.5, 0.6) is 0 Å². The monoisotopic (exact) mass is 360 g/mol. The zero-order valence-corrected chi connectivity index (χ0v) is 14.4. The molecule has 6 nitrogen and oxygen atoms in total. The number of carbonyl (C=O) groups excluding carboxylic acids is 2. The lowest BCUT2D eigenvalue weighted by molar-refractivity contribution is -0.140. The van der Waals surface area contributed by atoms with E-state index in [1.165, 1.54) is 11.0 Å². The van der Waals surface area contributed by atoms with Crippen molar-refractivity contribution in [3.8, 4) is 0 Å². The second-order valence-corrected chi connectivity index (χ2v) is 7.64. The average Bonchev–Trinajstić information content (AvgIpc) is 3.19. The van der Waals surface area contributed by atoms with Gasteiger partial charge in [0.05, 0.1) is 17.5 Å². The number of likely N-dealkylation sites (tertiary alicyclic amines) is 1. The summed E-state index contributed by atoms with van der Waals surface area (Å²) in [5.74, 6) is -2.28. The van der Waals surface area contributed by atoms with Gasteiger partial charge in [-0.05, 0) is 36.8 Å². The van der Waals surface area contributed by atoms with Crippen LogP contribution in [0, 0.1) is 23.1 Å². The summed E-state index contributed by atoms with van der Waals surface area (Å²) in [7, 11) is 0. The van der Waals surface area contributed by atoms with Crippen molar-refractivity contribution >= 4 is 23.5 Å². The van der Waals surface area contributed by atoms with Crippen LogP contribution in [0.3, 0.4) is 0 Å². The minimum Gasteiger partial charge on any atom is -0.481 e. The number of halogens is 1. The fraction of sp³-hybridized carbons (Fsp3) is 0.526. The van der Waals surface area contributed by atoms with Gasteiger partial charge >= 0.3 is 5.97 Å². The number of nitrogens with zero attached hydrogens (tertiary/aromatic N) is 2. The predicted molar refractivity (Wildman–Crippen MR) is 90.8 cm³/mol. The average molecular weight is 360 g/mol. The number of carboxylic acid groups (broad SMARTS) is 1. The van der Waals surface area contributed by atoms with Crippen LogP contribution in [0.1, 0.15) is 25.7 Å². The summed E-state index contributed by atoms with van der Waals surface area (Å²) in [6.45, 7) is 1.26. The Morgan fingerprint density at radius 3 is 2.50 bits per heavy atom. The van der Waals surface area contributed by atoms with Gasteiger partial charge in [0, 0.05) is 26.1 Å². The number of rotatable bonds is 3. The molecule has 26 heavy (non-hydrogen) atoms. The van der Waals surface area contributed by atoms with Crippen LogP contribution in [0.25, 0.3) is 0 Å². The Labute approximate surface area is 150 Å². The van der Waals surface area contributed by atoms with Crippen molar-refractivity contribution in [2.75, 3.05) is 24.5 Å². The van der Waals surface area contributed by atoms with E-state index in [1.54, 1.807) is 23.1 Å². The number of piperidine rings is 1. The van der Waals surface area contributed by atoms with Gasteiger partial charge in [0.25, 0.3) is 0 Å². The fourth-order valence-electron chi connectivity index (χ4n) is 4.46. The van der Waals surface area contributed by atoms with Crippen LogP contribution in [0.2, 0.25) is 0 Å². The van der Waals surface area contributed by atoms with E-state index in [0.717, 1.165) is 0 Å². The van der Waals surface area contributed by atoms with Gasteiger partial charge in [0.15, 0.2) is 0 Å². The van der Waals surface area contributed by atoms with Crippen molar-refractivity contribution in [2.45, 2.75) is 25.7 Å². The van der Waals surface area contributed by atoms with Crippen LogP contribution in [-0.4, -0.2) is 47.4 Å². The molecule has 3 fully saturated rings. The Balaban J connectivity index is 1.39. The highest BCUT2D eigenvalue weighted by Gasteiger charge is 2.59. The Bertz CT molecular complexity index is 773. The number of carbonyl (C=O) groups is 3. The second-order valence-electron chi connectivity index (χ2n) is 7.64. The first-order valence-corrected chi connectivity index (χ1v) is 8.98. The van der Waals surface area contributed by atoms with E-state index in [4.69, 9.17) is 5.11 Å². The highest BCUT2D eigenvalue weighted by atomic mass is 19.1. The topological polar surface area (TPSA) is 77.9 Å². The van der Waals surface area contributed by atoms with Crippen molar-refractivity contribution in [2.24, 2.45) is 17.3 Å². The number of anilines is 1. The van der Waals surface area contributed by atoms with Crippen LogP contribution in [-0.2, 0) is 14.4 Å². The first kappa shape index (κ1) is 17.0. The van der Waals surface area contributed by atoms with Gasteiger partial charge in [-0.1, -0.05) is 12.1 Å². The molecule has 1 spiro atoms. The quantitative estimate of drug-likeness (QED) is 0.893. The van der Waals surface area contributed by atoms with Crippen LogP contribution < -0.4 is 4.90 Å². The summed E-state index contributed by atoms with van der Waals surface area (Å²) in [6.07, 6.45) is 2.20. The summed E-state index contributed by atoms with van der Waals surface area (Å²) in [5, 5.41) is 9.15. The summed E-state index contributed by atoms with van der Waals surface area (Å²) in [6, 6.07) is 6.08. The molecular weight excluding hydrogens is 339 g/mol. The maximum atomic E-state index is 14.0. The minimum absolute atomic E-state index is 0.0837. The van der Waals surface area contributed by atoms with E-state index in [1.807, 2.05) is 0 Å². The van der Waals surface area contributed by atoms with E-state index in [2.05, 4.69) is 0 Å². The Hall–Kier alpha value is -2.44. The molecule has 2 heterocycles. The van der Waals surface area contributed by atoms with Crippen LogP contribution >= 0.6 is 0 Å². The predicted octanol–water partition coefficient (Wildman–Crippen LogP) is 1.89.